The number of carbonyl (C=O) groups excluding carboxylic acids is 4. The number of aliphatic hydroxyl groups excluding tert-OH is 2. The summed E-state index contributed by atoms with van der Waals surface area (Å²) in [4.78, 5) is 52.4. The molecule has 68 heavy (non-hydrogen) atoms. The molecule has 0 spiro atoms. The molecule has 2 rings (SSSR count). The Morgan fingerprint density at radius 1 is 0.853 bits per heavy atom. The summed E-state index contributed by atoms with van der Waals surface area (Å²) in [5, 5.41) is 23.0. The molecule has 0 saturated heterocycles. The minimum absolute atomic E-state index is 0.0505. The van der Waals surface area contributed by atoms with Gasteiger partial charge in [0.15, 0.2) is 0 Å². The number of amides is 1. The maximum Gasteiger partial charge on any atom is 0.331 e. The topological polar surface area (TPSA) is 186 Å². The van der Waals surface area contributed by atoms with E-state index in [1.807, 2.05) is 78.8 Å². The zero-order valence-electron chi connectivity index (χ0n) is 43.3. The predicted molar refractivity (Wildman–Crippen MR) is 261 cm³/mol. The standard InChI is InChI=1S/C53H85NO14/c1-33-17-15-19-48(58)67-52(39(7)51(66-14)35(3)22-25-44(56)37(5)46(64-12)18-16-26-54(8)32-55)36(4)21-24-41(61-9)30-45(57)34(2)20-23-42(62-10)31-47(65-13)38(6)53-50(60)40(29-49(59)68-53)28-43(27-33)63-11/h15-17,19-21,23-24,26,29,32,34-39,41-43,45-47,50-53,57,60H,18,22,25,27-28,30-31H2,1-14H3/b19-15+,23-20+,24-21+,26-16+,33-17+/t34-,35+,36-,37-,38+,39+,41-,42-,43+,45-,46-,47-,50-,51+,52+,53-/m0/s1. The molecule has 0 unspecified atom stereocenters. The summed E-state index contributed by atoms with van der Waals surface area (Å²) in [6, 6.07) is 0. The third kappa shape index (κ3) is 19.5. The number of hydrogen-bond acceptors (Lipinski definition) is 14. The summed E-state index contributed by atoms with van der Waals surface area (Å²) in [5.74, 6) is -2.91. The minimum atomic E-state index is -1.10. The van der Waals surface area contributed by atoms with Crippen molar-refractivity contribution in [1.82, 2.24) is 4.90 Å². The van der Waals surface area contributed by atoms with Crippen LogP contribution in [0.5, 0.6) is 0 Å². The summed E-state index contributed by atoms with van der Waals surface area (Å²) >= 11 is 0. The number of cyclic esters (lactones) is 1. The van der Waals surface area contributed by atoms with E-state index in [1.54, 1.807) is 68.1 Å². The second-order valence-corrected chi connectivity index (χ2v) is 18.8. The van der Waals surface area contributed by atoms with Crippen LogP contribution < -0.4 is 0 Å². The molecule has 15 nitrogen and oxygen atoms in total. The highest BCUT2D eigenvalue weighted by Crippen LogP contribution is 2.33. The van der Waals surface area contributed by atoms with Crippen LogP contribution in [0.1, 0.15) is 93.4 Å². The van der Waals surface area contributed by atoms with E-state index in [0.29, 0.717) is 44.1 Å². The lowest BCUT2D eigenvalue weighted by atomic mass is 9.81. The quantitative estimate of drug-likeness (QED) is 0.0821. The number of methoxy groups -OCH3 is 6. The monoisotopic (exact) mass is 960 g/mol. The van der Waals surface area contributed by atoms with Gasteiger partial charge in [0.05, 0.1) is 42.7 Å². The van der Waals surface area contributed by atoms with Gasteiger partial charge >= 0.3 is 11.9 Å². The third-order valence-electron chi connectivity index (χ3n) is 13.8. The van der Waals surface area contributed by atoms with Crippen molar-refractivity contribution in [1.29, 1.82) is 0 Å². The van der Waals surface area contributed by atoms with Crippen LogP contribution in [0, 0.1) is 35.5 Å². The molecule has 0 aromatic rings. The highest BCUT2D eigenvalue weighted by molar-refractivity contribution is 5.84. The Bertz CT molecular complexity index is 1720. The number of esters is 2. The van der Waals surface area contributed by atoms with Gasteiger partial charge in [-0.25, -0.2) is 9.59 Å². The first kappa shape index (κ1) is 60.3. The van der Waals surface area contributed by atoms with Crippen molar-refractivity contribution < 1.29 is 67.3 Å². The molecule has 2 N–H and O–H groups in total. The average molecular weight is 960 g/mol. The maximum atomic E-state index is 13.7. The van der Waals surface area contributed by atoms with E-state index in [2.05, 4.69) is 0 Å². The van der Waals surface area contributed by atoms with Crippen LogP contribution in [-0.4, -0.2) is 150 Å². The number of ether oxygens (including phenoxy) is 8. The van der Waals surface area contributed by atoms with Crippen LogP contribution in [-0.2, 0) is 57.1 Å². The van der Waals surface area contributed by atoms with E-state index in [-0.39, 0.29) is 54.3 Å². The maximum absolute atomic E-state index is 13.7. The van der Waals surface area contributed by atoms with Gasteiger partial charge in [0.1, 0.15) is 24.1 Å². The summed E-state index contributed by atoms with van der Waals surface area (Å²) in [7, 11) is 11.1. The van der Waals surface area contributed by atoms with Crippen LogP contribution in [0.15, 0.2) is 72.0 Å². The van der Waals surface area contributed by atoms with Gasteiger partial charge < -0.3 is 53.0 Å². The Labute approximate surface area is 406 Å². The molecule has 2 bridgehead atoms. The van der Waals surface area contributed by atoms with Gasteiger partial charge in [-0.15, -0.1) is 0 Å². The van der Waals surface area contributed by atoms with Crippen molar-refractivity contribution in [2.24, 2.45) is 35.5 Å². The number of allylic oxidation sites excluding steroid dienone is 2. The second kappa shape index (κ2) is 31.4. The third-order valence-corrected chi connectivity index (χ3v) is 13.8. The highest BCUT2D eigenvalue weighted by Gasteiger charge is 2.40. The lowest BCUT2D eigenvalue weighted by Crippen LogP contribution is -2.46. The Hall–Kier alpha value is -3.80. The van der Waals surface area contributed by atoms with E-state index < -0.39 is 72.8 Å². The first-order valence-electron chi connectivity index (χ1n) is 24.0. The first-order valence-corrected chi connectivity index (χ1v) is 24.0. The molecule has 0 aromatic heterocycles. The lowest BCUT2D eigenvalue weighted by molar-refractivity contribution is -0.160. The van der Waals surface area contributed by atoms with Crippen LogP contribution in [0.25, 0.3) is 0 Å². The molecule has 1 amide bonds. The van der Waals surface area contributed by atoms with E-state index >= 15 is 0 Å². The molecule has 0 fully saturated rings. The van der Waals surface area contributed by atoms with Crippen molar-refractivity contribution in [2.75, 3.05) is 49.7 Å². The molecule has 2 aliphatic rings. The number of rotatable bonds is 18. The molecule has 0 saturated carbocycles. The number of hydrogen-bond donors (Lipinski definition) is 2. The fourth-order valence-electron chi connectivity index (χ4n) is 9.13. The first-order chi connectivity index (χ1) is 32.3. The number of nitrogens with zero attached hydrogens (tertiary/aromatic N) is 1. The lowest BCUT2D eigenvalue weighted by Gasteiger charge is -2.37. The Morgan fingerprint density at radius 3 is 2.09 bits per heavy atom. The van der Waals surface area contributed by atoms with Gasteiger partial charge in [-0.1, -0.05) is 89.6 Å². The molecule has 2 heterocycles. The molecule has 0 radical (unpaired) electrons. The molecule has 0 aliphatic carbocycles. The van der Waals surface area contributed by atoms with Gasteiger partial charge in [0, 0.05) is 117 Å². The minimum Gasteiger partial charge on any atom is -0.458 e. The van der Waals surface area contributed by atoms with Crippen LogP contribution in [0.2, 0.25) is 0 Å². The highest BCUT2D eigenvalue weighted by atomic mass is 16.6. The second-order valence-electron chi connectivity index (χ2n) is 18.8. The SMILES string of the molecule is CO[C@H]1CC2=CC(=O)O[C@@H]([C@H](C)[C@@H](OC)C[C@@H](OC)/C=C/[C@H](C)[C@@H](O)C[C@@H](OC)/C=C/[C@H](C)[C@H]([C@H](C)[C@H](OC)[C@H](C)CCC(=O)[C@H](C)[C@H](C/C=C/N(C)C=O)OC)OC(=O)/C=C/C=C(\C)C1)[C@H]2O. The number of fused-ring (bicyclic) bond motifs is 2. The Kier molecular flexibility index (Phi) is 27.9. The summed E-state index contributed by atoms with van der Waals surface area (Å²) < 4.78 is 47.1. The van der Waals surface area contributed by atoms with Gasteiger partial charge in [-0.2, -0.15) is 0 Å². The molecule has 15 heteroatoms. The predicted octanol–water partition coefficient (Wildman–Crippen LogP) is 6.91. The molecular formula is C53H85NO14. The average Bonchev–Trinajstić information content (AvgIpc) is 3.32. The zero-order chi connectivity index (χ0) is 51.1. The van der Waals surface area contributed by atoms with Crippen molar-refractivity contribution in [3.05, 3.63) is 72.0 Å². The van der Waals surface area contributed by atoms with Crippen LogP contribution in [0.4, 0.5) is 0 Å². The Morgan fingerprint density at radius 2 is 1.50 bits per heavy atom. The normalized spacial score (nSPS) is 33.0. The van der Waals surface area contributed by atoms with Crippen molar-refractivity contribution in [2.45, 2.75) is 154 Å². The summed E-state index contributed by atoms with van der Waals surface area (Å²) in [6.45, 7) is 13.5. The smallest absolute Gasteiger partial charge is 0.331 e. The number of Topliss-reactive ketones (excluding diaryl/α,β-unsaturated/α-hetero) is 1. The molecule has 386 valence electrons. The largest absolute Gasteiger partial charge is 0.458 e. The number of aliphatic hydroxyl groups is 2. The molecule has 0 aromatic carbocycles. The summed E-state index contributed by atoms with van der Waals surface area (Å²) in [5.41, 5.74) is 1.38. The van der Waals surface area contributed by atoms with Gasteiger partial charge in [-0.3, -0.25) is 9.59 Å². The van der Waals surface area contributed by atoms with E-state index in [0.717, 1.165) is 5.57 Å². The van der Waals surface area contributed by atoms with Gasteiger partial charge in [0.25, 0.3) is 0 Å². The number of carbonyl (C=O) groups is 4. The molecule has 16 atom stereocenters. The fraction of sp³-hybridized carbons (Fsp3) is 0.698. The summed E-state index contributed by atoms with van der Waals surface area (Å²) in [6.07, 6.45) is 14.6. The molecule has 2 aliphatic heterocycles. The van der Waals surface area contributed by atoms with Crippen LogP contribution >= 0.6 is 0 Å². The Balaban J connectivity index is 2.49. The van der Waals surface area contributed by atoms with E-state index in [1.165, 1.54) is 17.1 Å². The molecular weight excluding hydrogens is 875 g/mol. The van der Waals surface area contributed by atoms with Crippen molar-refractivity contribution in [3.8, 4) is 0 Å². The zero-order valence-corrected chi connectivity index (χ0v) is 43.3. The van der Waals surface area contributed by atoms with E-state index in [4.69, 9.17) is 37.9 Å². The van der Waals surface area contributed by atoms with Gasteiger partial charge in [0.2, 0.25) is 6.41 Å². The van der Waals surface area contributed by atoms with Gasteiger partial charge in [-0.05, 0) is 44.1 Å². The van der Waals surface area contributed by atoms with E-state index in [9.17, 15) is 29.4 Å². The van der Waals surface area contributed by atoms with Crippen molar-refractivity contribution in [3.63, 3.8) is 0 Å². The van der Waals surface area contributed by atoms with Crippen molar-refractivity contribution >= 4 is 24.1 Å². The number of ketones is 1. The van der Waals surface area contributed by atoms with Crippen LogP contribution in [0.3, 0.4) is 0 Å². The fourth-order valence-corrected chi connectivity index (χ4v) is 9.13.